The third-order valence-electron chi connectivity index (χ3n) is 8.18. The molecule has 4 aromatic rings. The summed E-state index contributed by atoms with van der Waals surface area (Å²) < 4.78 is 199. The Labute approximate surface area is 380 Å². The predicted molar refractivity (Wildman–Crippen MR) is 205 cm³/mol. The molecule has 0 bridgehead atoms. The molecule has 2 aromatic heterocycles. The van der Waals surface area contributed by atoms with Crippen LogP contribution in [0, 0.1) is 22.7 Å². The second kappa shape index (κ2) is 19.8. The number of anilines is 2. The lowest BCUT2D eigenvalue weighted by Gasteiger charge is -2.22. The van der Waals surface area contributed by atoms with Gasteiger partial charge in [0.1, 0.15) is 33.3 Å². The van der Waals surface area contributed by atoms with E-state index in [0.717, 1.165) is 14.1 Å². The van der Waals surface area contributed by atoms with E-state index in [0.29, 0.717) is 33.6 Å². The minimum absolute atomic E-state index is 0.0127. The number of hydrogen-bond acceptors (Lipinski definition) is 10. The predicted octanol–water partition coefficient (Wildman–Crippen LogP) is 10.7. The van der Waals surface area contributed by atoms with Crippen LogP contribution in [0.3, 0.4) is 0 Å². The van der Waals surface area contributed by atoms with E-state index in [1.54, 1.807) is 0 Å². The van der Waals surface area contributed by atoms with Gasteiger partial charge in [0.2, 0.25) is 0 Å². The molecule has 0 saturated heterocycles. The van der Waals surface area contributed by atoms with E-state index in [2.05, 4.69) is 10.2 Å². The lowest BCUT2D eigenvalue weighted by atomic mass is 10.2. The summed E-state index contributed by atoms with van der Waals surface area (Å²) in [6.45, 7) is -1.12. The van der Waals surface area contributed by atoms with E-state index in [4.69, 9.17) is 55.9 Å². The maximum absolute atomic E-state index is 13.7. The van der Waals surface area contributed by atoms with Gasteiger partial charge in [-0.3, -0.25) is 9.80 Å². The summed E-state index contributed by atoms with van der Waals surface area (Å²) in [7, 11) is -6.68. The monoisotopic (exact) mass is 1060 g/mol. The lowest BCUT2D eigenvalue weighted by molar-refractivity contribution is -0.138. The standard InChI is InChI=1S/C33H20Cl4F12N8O6S2/c1-54(26-24(64(60)32(44,45)46)20(12-50)52-56(26)22-16(34)8-14(9-17(22)35)30(38,39)40)28(58)62-6-4-3-5-7-63-29(59)55(2)27-25(65(61)33(47,48)49)21(13-51)53-57(27)23-18(36)10-15(11-19(23)37)31(41,42)43/h8-11H,3-7H2,1-2H3. The van der Waals surface area contributed by atoms with Crippen LogP contribution in [-0.4, -0.2) is 78.5 Å². The van der Waals surface area contributed by atoms with Gasteiger partial charge in [0.15, 0.2) is 44.6 Å². The maximum Gasteiger partial charge on any atom is 0.476 e. The largest absolute Gasteiger partial charge is 0.476 e. The number of ether oxygens (including phenoxy) is 2. The second-order valence-electron chi connectivity index (χ2n) is 12.5. The van der Waals surface area contributed by atoms with E-state index in [-0.39, 0.29) is 29.1 Å². The summed E-state index contributed by atoms with van der Waals surface area (Å²) in [5.74, 6) is -2.20. The van der Waals surface area contributed by atoms with Gasteiger partial charge in [-0.1, -0.05) is 46.4 Å². The highest BCUT2D eigenvalue weighted by atomic mass is 35.5. The Morgan fingerprint density at radius 2 is 0.908 bits per heavy atom. The van der Waals surface area contributed by atoms with Crippen LogP contribution in [0.2, 0.25) is 20.1 Å². The first-order valence-electron chi connectivity index (χ1n) is 16.9. The SMILES string of the molecule is CN(C(=O)OCCCCCOC(=O)N(C)c1c(S(=O)C(F)(F)F)c(C#N)nn1-c1c(Cl)cc(C(F)(F)F)cc1Cl)c1c(S(=O)C(F)(F)F)c(C#N)nn1-c1c(Cl)cc(C(F)(F)F)cc1Cl. The lowest BCUT2D eigenvalue weighted by Crippen LogP contribution is -2.31. The minimum Gasteiger partial charge on any atom is -0.449 e. The van der Waals surface area contributed by atoms with E-state index < -0.39 is 146 Å². The molecule has 0 aliphatic heterocycles. The van der Waals surface area contributed by atoms with Gasteiger partial charge >= 0.3 is 35.6 Å². The van der Waals surface area contributed by atoms with Crippen LogP contribution in [0.15, 0.2) is 34.1 Å². The van der Waals surface area contributed by atoms with Crippen LogP contribution in [0.1, 0.15) is 41.8 Å². The highest BCUT2D eigenvalue weighted by molar-refractivity contribution is 7.86. The number of hydrogen-bond donors (Lipinski definition) is 0. The fourth-order valence-electron chi connectivity index (χ4n) is 5.34. The molecule has 2 heterocycles. The highest BCUT2D eigenvalue weighted by Gasteiger charge is 2.46. The van der Waals surface area contributed by atoms with Crippen molar-refractivity contribution >= 4 is 91.8 Å². The fraction of sp³-hybridized carbons (Fsp3) is 0.333. The number of benzene rings is 2. The van der Waals surface area contributed by atoms with E-state index in [1.165, 1.54) is 12.1 Å². The van der Waals surface area contributed by atoms with Crippen molar-refractivity contribution in [2.24, 2.45) is 0 Å². The van der Waals surface area contributed by atoms with Gasteiger partial charge in [0, 0.05) is 14.1 Å². The Hall–Kier alpha value is -5.00. The summed E-state index contributed by atoms with van der Waals surface area (Å²) in [6.07, 6.45) is -13.3. The van der Waals surface area contributed by atoms with Crippen molar-refractivity contribution < 1.29 is 80.2 Å². The zero-order valence-corrected chi connectivity index (χ0v) is 36.4. The van der Waals surface area contributed by atoms with Gasteiger partial charge < -0.3 is 9.47 Å². The van der Waals surface area contributed by atoms with Crippen LogP contribution in [0.4, 0.5) is 73.9 Å². The second-order valence-corrected chi connectivity index (χ2v) is 16.9. The molecule has 352 valence electrons. The van der Waals surface area contributed by atoms with Gasteiger partial charge in [-0.25, -0.2) is 27.4 Å². The molecule has 0 saturated carbocycles. The Balaban J connectivity index is 1.52. The van der Waals surface area contributed by atoms with Crippen molar-refractivity contribution in [2.45, 2.75) is 52.4 Å². The average Bonchev–Trinajstić information content (AvgIpc) is 3.75. The summed E-state index contributed by atoms with van der Waals surface area (Å²) in [4.78, 5) is 23.9. The van der Waals surface area contributed by atoms with Gasteiger partial charge in [-0.05, 0) is 43.5 Å². The van der Waals surface area contributed by atoms with Crippen LogP contribution in [0.5, 0.6) is 0 Å². The number of halogens is 16. The van der Waals surface area contributed by atoms with Gasteiger partial charge in [0.25, 0.3) is 0 Å². The minimum atomic E-state index is -5.58. The molecule has 0 aliphatic rings. The molecule has 2 atom stereocenters. The number of unbranched alkanes of at least 4 members (excludes halogenated alkanes) is 2. The summed E-state index contributed by atoms with van der Waals surface area (Å²) in [5.41, 5.74) is -17.9. The Morgan fingerprint density at radius 1 is 0.615 bits per heavy atom. The van der Waals surface area contributed by atoms with Crippen molar-refractivity contribution in [1.29, 1.82) is 10.5 Å². The molecule has 14 nitrogen and oxygen atoms in total. The third kappa shape index (κ3) is 11.5. The number of carbonyl (C=O) groups is 2. The fourth-order valence-corrected chi connectivity index (χ4v) is 8.40. The molecule has 0 radical (unpaired) electrons. The highest BCUT2D eigenvalue weighted by Crippen LogP contribution is 2.44. The van der Waals surface area contributed by atoms with Crippen LogP contribution < -0.4 is 9.80 Å². The average molecular weight is 1060 g/mol. The molecule has 0 fully saturated rings. The summed E-state index contributed by atoms with van der Waals surface area (Å²) in [6, 6.07) is 3.77. The summed E-state index contributed by atoms with van der Waals surface area (Å²) in [5, 5.41) is 22.8. The van der Waals surface area contributed by atoms with Crippen molar-refractivity contribution in [3.05, 3.63) is 66.9 Å². The topological polar surface area (TPSA) is 176 Å². The molecule has 2 unspecified atom stereocenters. The van der Waals surface area contributed by atoms with Crippen molar-refractivity contribution in [3.8, 4) is 23.5 Å². The van der Waals surface area contributed by atoms with Crippen molar-refractivity contribution in [3.63, 3.8) is 0 Å². The first-order valence-corrected chi connectivity index (χ1v) is 20.7. The number of nitrogens with zero attached hydrogens (tertiary/aromatic N) is 8. The molecule has 0 aliphatic carbocycles. The number of rotatable bonds is 12. The number of alkyl halides is 12. The Kier molecular flexibility index (Phi) is 16.1. The molecular formula is C33H20Cl4F12N8O6S2. The molecule has 32 heteroatoms. The van der Waals surface area contributed by atoms with Crippen molar-refractivity contribution in [1.82, 2.24) is 19.6 Å². The first kappa shape index (κ1) is 52.6. The Bertz CT molecular complexity index is 2440. The first-order chi connectivity index (χ1) is 29.9. The van der Waals surface area contributed by atoms with Crippen LogP contribution in [-0.2, 0) is 43.4 Å². The number of aromatic nitrogens is 4. The van der Waals surface area contributed by atoms with E-state index in [9.17, 15) is 81.2 Å². The zero-order chi connectivity index (χ0) is 49.3. The summed E-state index contributed by atoms with van der Waals surface area (Å²) >= 11 is 24.1. The van der Waals surface area contributed by atoms with Crippen molar-refractivity contribution in [2.75, 3.05) is 37.1 Å². The number of amides is 2. The normalized spacial score (nSPS) is 13.2. The molecular weight excluding hydrogens is 1040 g/mol. The van der Waals surface area contributed by atoms with Crippen LogP contribution in [0.25, 0.3) is 11.4 Å². The third-order valence-corrected chi connectivity index (χ3v) is 11.7. The van der Waals surface area contributed by atoms with Gasteiger partial charge in [-0.15, -0.1) is 0 Å². The molecule has 2 amide bonds. The Morgan fingerprint density at radius 3 is 1.15 bits per heavy atom. The quantitative estimate of drug-likeness (QED) is 0.0980. The molecule has 65 heavy (non-hydrogen) atoms. The number of carbonyl (C=O) groups excluding carboxylic acids is 2. The zero-order valence-electron chi connectivity index (χ0n) is 31.7. The molecule has 4 rings (SSSR count). The maximum atomic E-state index is 13.7. The van der Waals surface area contributed by atoms with Gasteiger partial charge in [-0.2, -0.15) is 73.4 Å². The molecule has 0 spiro atoms. The van der Waals surface area contributed by atoms with Crippen LogP contribution >= 0.6 is 46.4 Å². The molecule has 2 aromatic carbocycles. The van der Waals surface area contributed by atoms with Gasteiger partial charge in [0.05, 0.1) is 44.4 Å². The number of nitriles is 2. The van der Waals surface area contributed by atoms with E-state index >= 15 is 0 Å². The smallest absolute Gasteiger partial charge is 0.449 e. The van der Waals surface area contributed by atoms with E-state index in [1.807, 2.05) is 0 Å². The molecule has 0 N–H and O–H groups in total.